The predicted octanol–water partition coefficient (Wildman–Crippen LogP) is 0.373. The first-order valence-corrected chi connectivity index (χ1v) is 10.4. The third-order valence-corrected chi connectivity index (χ3v) is 5.40. The third kappa shape index (κ3) is 5.39. The number of fused-ring (bicyclic) bond motifs is 1. The summed E-state index contributed by atoms with van der Waals surface area (Å²) in [6, 6.07) is 0. The summed E-state index contributed by atoms with van der Waals surface area (Å²) in [7, 11) is 1.54. The fraction of sp³-hybridized carbons (Fsp3) is 0.600. The number of carbonyl (C=O) groups is 1. The molecule has 33 heavy (non-hydrogen) atoms. The number of nitrogens with one attached hydrogen (secondary N) is 1. The second kappa shape index (κ2) is 9.70. The van der Waals surface area contributed by atoms with E-state index in [0.717, 1.165) is 45.0 Å². The average molecular weight is 470 g/mol. The van der Waals surface area contributed by atoms with Crippen LogP contribution in [0, 0.1) is 17.8 Å². The lowest BCUT2D eigenvalue weighted by Crippen LogP contribution is -2.44. The van der Waals surface area contributed by atoms with Gasteiger partial charge in [0.2, 0.25) is 5.95 Å². The van der Waals surface area contributed by atoms with Gasteiger partial charge in [-0.05, 0) is 25.7 Å². The molecule has 180 valence electrons. The van der Waals surface area contributed by atoms with Gasteiger partial charge < -0.3 is 15.3 Å². The normalized spacial score (nSPS) is 16.1. The first kappa shape index (κ1) is 24.4. The molecule has 3 heterocycles. The van der Waals surface area contributed by atoms with E-state index in [1.165, 1.54) is 4.57 Å². The topological polar surface area (TPSA) is 114 Å². The van der Waals surface area contributed by atoms with E-state index in [2.05, 4.69) is 22.1 Å². The zero-order valence-electron chi connectivity index (χ0n) is 18.3. The lowest BCUT2D eigenvalue weighted by atomic mass is 10.4. The SMILES string of the molecule is CC#CCn1c(N2CCNCC2)nc2c1c(=O)n(C)c(=O)n2CC1CC1.O=C(O)C(F)(F)F. The molecule has 2 aliphatic rings. The second-order valence-corrected chi connectivity index (χ2v) is 7.84. The molecule has 1 saturated carbocycles. The van der Waals surface area contributed by atoms with E-state index in [4.69, 9.17) is 14.9 Å². The van der Waals surface area contributed by atoms with Gasteiger partial charge in [0.05, 0.1) is 6.54 Å². The number of imidazole rings is 1. The fourth-order valence-electron chi connectivity index (χ4n) is 3.48. The van der Waals surface area contributed by atoms with Crippen LogP contribution in [-0.2, 0) is 24.9 Å². The van der Waals surface area contributed by atoms with E-state index in [9.17, 15) is 22.8 Å². The summed E-state index contributed by atoms with van der Waals surface area (Å²) in [5.74, 6) is 4.43. The monoisotopic (exact) mass is 470 g/mol. The van der Waals surface area contributed by atoms with Gasteiger partial charge in [0.25, 0.3) is 5.56 Å². The first-order valence-electron chi connectivity index (χ1n) is 10.4. The van der Waals surface area contributed by atoms with Gasteiger partial charge in [-0.25, -0.2) is 9.59 Å². The summed E-state index contributed by atoms with van der Waals surface area (Å²) in [6.07, 6.45) is -2.83. The minimum atomic E-state index is -5.08. The molecule has 2 N–H and O–H groups in total. The van der Waals surface area contributed by atoms with Gasteiger partial charge >= 0.3 is 17.8 Å². The Morgan fingerprint density at radius 1 is 1.21 bits per heavy atom. The van der Waals surface area contributed by atoms with Crippen LogP contribution in [0.2, 0.25) is 0 Å². The molecule has 4 rings (SSSR count). The molecule has 1 aliphatic heterocycles. The molecule has 10 nitrogen and oxygen atoms in total. The fourth-order valence-corrected chi connectivity index (χ4v) is 3.48. The summed E-state index contributed by atoms with van der Waals surface area (Å²) < 4.78 is 36.5. The Hall–Kier alpha value is -3.27. The summed E-state index contributed by atoms with van der Waals surface area (Å²) in [5.41, 5.74) is 0.386. The highest BCUT2D eigenvalue weighted by Gasteiger charge is 2.38. The molecule has 0 atom stereocenters. The molecule has 0 spiro atoms. The van der Waals surface area contributed by atoms with Crippen molar-refractivity contribution < 1.29 is 23.1 Å². The Morgan fingerprint density at radius 3 is 2.33 bits per heavy atom. The molecular weight excluding hydrogens is 445 g/mol. The smallest absolute Gasteiger partial charge is 0.475 e. The van der Waals surface area contributed by atoms with Gasteiger partial charge in [-0.2, -0.15) is 18.2 Å². The molecule has 13 heteroatoms. The quantitative estimate of drug-likeness (QED) is 0.621. The van der Waals surface area contributed by atoms with Gasteiger partial charge in [0, 0.05) is 39.8 Å². The molecule has 0 aromatic carbocycles. The van der Waals surface area contributed by atoms with E-state index >= 15 is 0 Å². The minimum absolute atomic E-state index is 0.285. The van der Waals surface area contributed by atoms with E-state index in [-0.39, 0.29) is 11.2 Å². The number of carboxylic acid groups (broad SMARTS) is 1. The van der Waals surface area contributed by atoms with E-state index in [1.807, 2.05) is 4.57 Å². The number of alkyl halides is 3. The number of anilines is 1. The van der Waals surface area contributed by atoms with Crippen LogP contribution in [0.15, 0.2) is 9.59 Å². The van der Waals surface area contributed by atoms with Crippen LogP contribution in [0.5, 0.6) is 0 Å². The molecule has 0 amide bonds. The van der Waals surface area contributed by atoms with Crippen molar-refractivity contribution in [3.05, 3.63) is 20.8 Å². The molecule has 2 aromatic rings. The average Bonchev–Trinajstić information content (AvgIpc) is 3.52. The number of rotatable bonds is 4. The molecule has 0 unspecified atom stereocenters. The molecule has 0 radical (unpaired) electrons. The Labute approximate surface area is 186 Å². The van der Waals surface area contributed by atoms with Crippen molar-refractivity contribution in [3.8, 4) is 11.8 Å². The van der Waals surface area contributed by atoms with Crippen molar-refractivity contribution in [1.29, 1.82) is 0 Å². The van der Waals surface area contributed by atoms with Crippen LogP contribution in [0.1, 0.15) is 19.8 Å². The number of aromatic nitrogens is 4. The number of carboxylic acids is 1. The van der Waals surface area contributed by atoms with Crippen molar-refractivity contribution >= 4 is 23.1 Å². The maximum atomic E-state index is 12.9. The standard InChI is InChI=1S/C18H24N6O2.C2HF3O2/c1-3-4-9-23-14-15(20-17(23)22-10-7-19-8-11-22)24(12-13-5-6-13)18(26)21(2)16(14)25;3-2(4,5)1(6)7/h13,19H,5-12H2,1-2H3;(H,6,7). The summed E-state index contributed by atoms with van der Waals surface area (Å²) in [5, 5.41) is 10.5. The van der Waals surface area contributed by atoms with Crippen molar-refractivity contribution in [3.63, 3.8) is 0 Å². The van der Waals surface area contributed by atoms with Crippen LogP contribution < -0.4 is 21.5 Å². The van der Waals surface area contributed by atoms with Gasteiger partial charge in [-0.1, -0.05) is 5.92 Å². The maximum absolute atomic E-state index is 12.9. The number of hydrogen-bond acceptors (Lipinski definition) is 6. The van der Waals surface area contributed by atoms with Crippen molar-refractivity contribution in [2.75, 3.05) is 31.1 Å². The maximum Gasteiger partial charge on any atom is 0.490 e. The van der Waals surface area contributed by atoms with Crippen molar-refractivity contribution in [1.82, 2.24) is 24.0 Å². The van der Waals surface area contributed by atoms with Crippen molar-refractivity contribution in [2.24, 2.45) is 13.0 Å². The van der Waals surface area contributed by atoms with Gasteiger partial charge in [-0.3, -0.25) is 18.5 Å². The largest absolute Gasteiger partial charge is 0.490 e. The molecular formula is C20H25F3N6O4. The summed E-state index contributed by atoms with van der Waals surface area (Å²) >= 11 is 0. The lowest BCUT2D eigenvalue weighted by molar-refractivity contribution is -0.192. The highest BCUT2D eigenvalue weighted by atomic mass is 19.4. The van der Waals surface area contributed by atoms with Gasteiger partial charge in [0.1, 0.15) is 0 Å². The first-order chi connectivity index (χ1) is 15.6. The molecule has 0 bridgehead atoms. The molecule has 1 saturated heterocycles. The highest BCUT2D eigenvalue weighted by Crippen LogP contribution is 2.31. The van der Waals surface area contributed by atoms with E-state index in [1.54, 1.807) is 18.5 Å². The van der Waals surface area contributed by atoms with Gasteiger partial charge in [0.15, 0.2) is 11.2 Å². The van der Waals surface area contributed by atoms with Crippen LogP contribution in [0.3, 0.4) is 0 Å². The predicted molar refractivity (Wildman–Crippen MR) is 114 cm³/mol. The molecule has 1 aliphatic carbocycles. The number of piperazine rings is 1. The number of aliphatic carboxylic acids is 1. The Kier molecular flexibility index (Phi) is 7.16. The highest BCUT2D eigenvalue weighted by molar-refractivity contribution is 5.75. The summed E-state index contributed by atoms with van der Waals surface area (Å²) in [4.78, 5) is 41.4. The number of hydrogen-bond donors (Lipinski definition) is 2. The van der Waals surface area contributed by atoms with Crippen molar-refractivity contribution in [2.45, 2.75) is 39.0 Å². The second-order valence-electron chi connectivity index (χ2n) is 7.84. The van der Waals surface area contributed by atoms with Crippen LogP contribution in [0.4, 0.5) is 19.1 Å². The Balaban J connectivity index is 0.000000383. The summed E-state index contributed by atoms with van der Waals surface area (Å²) in [6.45, 7) is 6.17. The number of halogens is 3. The van der Waals surface area contributed by atoms with E-state index < -0.39 is 12.1 Å². The zero-order valence-corrected chi connectivity index (χ0v) is 18.3. The molecule has 2 aromatic heterocycles. The third-order valence-electron chi connectivity index (χ3n) is 5.40. The van der Waals surface area contributed by atoms with E-state index in [0.29, 0.717) is 30.2 Å². The Morgan fingerprint density at radius 2 is 1.82 bits per heavy atom. The van der Waals surface area contributed by atoms with Crippen LogP contribution in [-0.4, -0.2) is 62.1 Å². The zero-order chi connectivity index (χ0) is 24.3. The number of nitrogens with zero attached hydrogens (tertiary/aromatic N) is 5. The Bertz CT molecular complexity index is 1210. The van der Waals surface area contributed by atoms with Gasteiger partial charge in [-0.15, -0.1) is 5.92 Å². The van der Waals surface area contributed by atoms with Crippen LogP contribution in [0.25, 0.3) is 11.2 Å². The minimum Gasteiger partial charge on any atom is -0.475 e. The molecule has 2 fully saturated rings. The lowest BCUT2D eigenvalue weighted by Gasteiger charge is -2.28. The van der Waals surface area contributed by atoms with Crippen LogP contribution >= 0.6 is 0 Å².